The van der Waals surface area contributed by atoms with Crippen molar-refractivity contribution in [1.82, 2.24) is 9.88 Å². The molecule has 1 aromatic carbocycles. The first-order valence-electron chi connectivity index (χ1n) is 7.34. The highest BCUT2D eigenvalue weighted by Gasteiger charge is 2.27. The van der Waals surface area contributed by atoms with Gasteiger partial charge in [-0.05, 0) is 52.8 Å². The van der Waals surface area contributed by atoms with Gasteiger partial charge in [-0.25, -0.2) is 4.98 Å². The van der Waals surface area contributed by atoms with Crippen LogP contribution in [0.15, 0.2) is 27.8 Å². The number of oxazole rings is 1. The van der Waals surface area contributed by atoms with Gasteiger partial charge in [-0.15, -0.1) is 0 Å². The molecule has 0 aliphatic carbocycles. The lowest BCUT2D eigenvalue weighted by molar-refractivity contribution is -0.133. The fraction of sp³-hybridized carbons (Fsp3) is 0.500. The number of hydrogen-bond acceptors (Lipinski definition) is 4. The Labute approximate surface area is 140 Å². The van der Waals surface area contributed by atoms with Crippen molar-refractivity contribution in [1.29, 1.82) is 0 Å². The number of nitrogens with zero attached hydrogens (tertiary/aromatic N) is 2. The molecular formula is C16H21ClN2O2S. The zero-order chi connectivity index (χ0) is 16.4. The van der Waals surface area contributed by atoms with Crippen molar-refractivity contribution in [2.45, 2.75) is 57.2 Å². The second kappa shape index (κ2) is 6.92. The number of aromatic nitrogens is 1. The smallest absolute Gasteiger partial charge is 0.257 e. The molecule has 4 nitrogen and oxygen atoms in total. The number of rotatable bonds is 5. The summed E-state index contributed by atoms with van der Waals surface area (Å²) in [6.45, 7) is 9.98. The second-order valence-corrected chi connectivity index (χ2v) is 7.51. The number of amides is 1. The Morgan fingerprint density at radius 3 is 2.45 bits per heavy atom. The van der Waals surface area contributed by atoms with E-state index in [1.165, 1.54) is 11.8 Å². The maximum absolute atomic E-state index is 12.6. The molecule has 1 atom stereocenters. The van der Waals surface area contributed by atoms with Gasteiger partial charge in [0.15, 0.2) is 5.58 Å². The third-order valence-corrected chi connectivity index (χ3v) is 4.49. The number of carbonyl (C=O) groups is 1. The molecule has 0 N–H and O–H groups in total. The number of thioether (sulfide) groups is 1. The van der Waals surface area contributed by atoms with Gasteiger partial charge in [0, 0.05) is 17.1 Å². The van der Waals surface area contributed by atoms with Gasteiger partial charge < -0.3 is 9.32 Å². The topological polar surface area (TPSA) is 46.3 Å². The minimum absolute atomic E-state index is 0.0929. The van der Waals surface area contributed by atoms with E-state index in [0.29, 0.717) is 21.3 Å². The lowest BCUT2D eigenvalue weighted by Gasteiger charge is -2.32. The summed E-state index contributed by atoms with van der Waals surface area (Å²) in [7, 11) is 0. The molecule has 1 heterocycles. The van der Waals surface area contributed by atoms with Crippen LogP contribution in [0.1, 0.15) is 34.6 Å². The molecule has 0 aliphatic heterocycles. The minimum atomic E-state index is -0.256. The number of benzene rings is 1. The molecule has 2 aromatic rings. The van der Waals surface area contributed by atoms with E-state index in [-0.39, 0.29) is 23.2 Å². The summed E-state index contributed by atoms with van der Waals surface area (Å²) in [5.74, 6) is 0.0929. The molecule has 0 fully saturated rings. The molecule has 0 bridgehead atoms. The first-order chi connectivity index (χ1) is 10.3. The first kappa shape index (κ1) is 17.2. The fourth-order valence-corrected chi connectivity index (χ4v) is 3.43. The summed E-state index contributed by atoms with van der Waals surface area (Å²) in [5, 5.41) is 0.853. The van der Waals surface area contributed by atoms with Crippen molar-refractivity contribution >= 4 is 40.4 Å². The van der Waals surface area contributed by atoms with Crippen LogP contribution in [-0.4, -0.2) is 33.1 Å². The van der Waals surface area contributed by atoms with Crippen molar-refractivity contribution < 1.29 is 9.21 Å². The van der Waals surface area contributed by atoms with Crippen LogP contribution in [-0.2, 0) is 4.79 Å². The monoisotopic (exact) mass is 340 g/mol. The van der Waals surface area contributed by atoms with Gasteiger partial charge in [-0.2, -0.15) is 0 Å². The molecule has 0 spiro atoms. The van der Waals surface area contributed by atoms with Crippen LogP contribution in [0.2, 0.25) is 5.02 Å². The van der Waals surface area contributed by atoms with E-state index in [1.54, 1.807) is 18.2 Å². The number of halogens is 1. The molecule has 0 radical (unpaired) electrons. The van der Waals surface area contributed by atoms with Gasteiger partial charge in [0.2, 0.25) is 5.91 Å². The van der Waals surface area contributed by atoms with Crippen LogP contribution in [0.3, 0.4) is 0 Å². The van der Waals surface area contributed by atoms with Crippen LogP contribution < -0.4 is 0 Å². The van der Waals surface area contributed by atoms with Gasteiger partial charge in [-0.1, -0.05) is 23.4 Å². The molecule has 1 amide bonds. The largest absolute Gasteiger partial charge is 0.431 e. The third-order valence-electron chi connectivity index (χ3n) is 3.32. The Bertz CT molecular complexity index is 661. The molecule has 1 aromatic heterocycles. The molecule has 0 saturated heterocycles. The van der Waals surface area contributed by atoms with E-state index < -0.39 is 0 Å². The Kier molecular flexibility index (Phi) is 5.40. The highest BCUT2D eigenvalue weighted by Crippen LogP contribution is 2.29. The average Bonchev–Trinajstić information content (AvgIpc) is 2.78. The first-order valence-corrected chi connectivity index (χ1v) is 8.60. The maximum atomic E-state index is 12.6. The molecule has 120 valence electrons. The van der Waals surface area contributed by atoms with Crippen molar-refractivity contribution in [3.8, 4) is 0 Å². The quantitative estimate of drug-likeness (QED) is 0.746. The fourth-order valence-electron chi connectivity index (χ4n) is 2.45. The zero-order valence-corrected chi connectivity index (χ0v) is 15.0. The van der Waals surface area contributed by atoms with Crippen molar-refractivity contribution in [3.05, 3.63) is 23.2 Å². The molecule has 6 heteroatoms. The summed E-state index contributed by atoms with van der Waals surface area (Å²) in [4.78, 5) is 18.9. The lowest BCUT2D eigenvalue weighted by Crippen LogP contribution is -2.45. The van der Waals surface area contributed by atoms with E-state index >= 15 is 0 Å². The number of carbonyl (C=O) groups excluding carboxylic acids is 1. The molecular weight excluding hydrogens is 320 g/mol. The SMILES string of the molecule is CC(Sc1nc2cc(Cl)ccc2o1)C(=O)N(C(C)C)C(C)C. The van der Waals surface area contributed by atoms with Crippen molar-refractivity contribution in [2.24, 2.45) is 0 Å². The van der Waals surface area contributed by atoms with E-state index in [9.17, 15) is 4.79 Å². The van der Waals surface area contributed by atoms with E-state index in [1.807, 2.05) is 39.5 Å². The predicted octanol–water partition coefficient (Wildman–Crippen LogP) is 4.61. The molecule has 2 rings (SSSR count). The Hall–Kier alpha value is -1.20. The van der Waals surface area contributed by atoms with E-state index in [0.717, 1.165) is 0 Å². The third kappa shape index (κ3) is 3.76. The van der Waals surface area contributed by atoms with Gasteiger partial charge in [0.1, 0.15) is 5.52 Å². The molecule has 0 saturated carbocycles. The highest BCUT2D eigenvalue weighted by molar-refractivity contribution is 8.00. The van der Waals surface area contributed by atoms with Gasteiger partial charge >= 0.3 is 0 Å². The normalized spacial score (nSPS) is 13.1. The van der Waals surface area contributed by atoms with Crippen LogP contribution in [0, 0.1) is 0 Å². The molecule has 0 aliphatic rings. The van der Waals surface area contributed by atoms with Gasteiger partial charge in [0.25, 0.3) is 5.22 Å². The number of fused-ring (bicyclic) bond motifs is 1. The van der Waals surface area contributed by atoms with Crippen molar-refractivity contribution in [3.63, 3.8) is 0 Å². The lowest BCUT2D eigenvalue weighted by atomic mass is 10.2. The van der Waals surface area contributed by atoms with Crippen LogP contribution >= 0.6 is 23.4 Å². The van der Waals surface area contributed by atoms with E-state index in [2.05, 4.69) is 4.98 Å². The molecule has 1 unspecified atom stereocenters. The maximum Gasteiger partial charge on any atom is 0.257 e. The highest BCUT2D eigenvalue weighted by atomic mass is 35.5. The number of hydrogen-bond donors (Lipinski definition) is 0. The summed E-state index contributed by atoms with van der Waals surface area (Å²) in [6, 6.07) is 5.63. The average molecular weight is 341 g/mol. The van der Waals surface area contributed by atoms with Crippen LogP contribution in [0.4, 0.5) is 0 Å². The Morgan fingerprint density at radius 1 is 1.23 bits per heavy atom. The standard InChI is InChI=1S/C16H21ClN2O2S/c1-9(2)19(10(3)4)15(20)11(5)22-16-18-13-8-12(17)6-7-14(13)21-16/h6-11H,1-5H3. The van der Waals surface area contributed by atoms with Crippen LogP contribution in [0.5, 0.6) is 0 Å². The van der Waals surface area contributed by atoms with Gasteiger partial charge in [-0.3, -0.25) is 4.79 Å². The van der Waals surface area contributed by atoms with E-state index in [4.69, 9.17) is 16.0 Å². The second-order valence-electron chi connectivity index (χ2n) is 5.78. The minimum Gasteiger partial charge on any atom is -0.431 e. The predicted molar refractivity (Wildman–Crippen MR) is 91.5 cm³/mol. The summed E-state index contributed by atoms with van der Waals surface area (Å²) < 4.78 is 5.67. The molecule has 22 heavy (non-hydrogen) atoms. The summed E-state index contributed by atoms with van der Waals surface area (Å²) in [5.41, 5.74) is 1.38. The summed E-state index contributed by atoms with van der Waals surface area (Å²) >= 11 is 7.28. The van der Waals surface area contributed by atoms with Gasteiger partial charge in [0.05, 0.1) is 5.25 Å². The van der Waals surface area contributed by atoms with Crippen molar-refractivity contribution in [2.75, 3.05) is 0 Å². The Balaban J connectivity index is 2.15. The Morgan fingerprint density at radius 2 is 1.86 bits per heavy atom. The zero-order valence-electron chi connectivity index (χ0n) is 13.5. The summed E-state index contributed by atoms with van der Waals surface area (Å²) in [6.07, 6.45) is 0. The van der Waals surface area contributed by atoms with Crippen LogP contribution in [0.25, 0.3) is 11.1 Å².